The van der Waals surface area contributed by atoms with E-state index in [1.165, 1.54) is 11.8 Å². The zero-order valence-corrected chi connectivity index (χ0v) is 23.6. The van der Waals surface area contributed by atoms with Crippen molar-refractivity contribution in [2.75, 3.05) is 12.0 Å². The molecule has 1 heterocycles. The van der Waals surface area contributed by atoms with Gasteiger partial charge in [0.05, 0.1) is 6.04 Å². The van der Waals surface area contributed by atoms with Crippen LogP contribution in [0.25, 0.3) is 10.9 Å². The summed E-state index contributed by atoms with van der Waals surface area (Å²) in [4.78, 5) is 54.1. The van der Waals surface area contributed by atoms with Gasteiger partial charge in [0.2, 0.25) is 17.7 Å². The first-order valence-electron chi connectivity index (χ1n) is 12.9. The molecule has 0 bridgehead atoms. The van der Waals surface area contributed by atoms with E-state index in [2.05, 4.69) is 20.9 Å². The number of nitrogens with two attached hydrogens (primary N) is 1. The highest BCUT2D eigenvalue weighted by Gasteiger charge is 2.33. The predicted molar refractivity (Wildman–Crippen MR) is 151 cm³/mol. The first kappa shape index (κ1) is 31.2. The number of benzene rings is 1. The van der Waals surface area contributed by atoms with Gasteiger partial charge in [-0.15, -0.1) is 0 Å². The third-order valence-electron chi connectivity index (χ3n) is 6.72. The summed E-state index contributed by atoms with van der Waals surface area (Å²) in [6.45, 7) is 7.26. The minimum Gasteiger partial charge on any atom is -0.480 e. The molecule has 0 aliphatic carbocycles. The molecule has 0 aliphatic heterocycles. The number of nitrogens with one attached hydrogen (secondary N) is 4. The van der Waals surface area contributed by atoms with Crippen molar-refractivity contribution in [2.45, 2.75) is 71.1 Å². The van der Waals surface area contributed by atoms with Crippen LogP contribution in [0, 0.1) is 11.8 Å². The smallest absolute Gasteiger partial charge is 0.326 e. The van der Waals surface area contributed by atoms with Gasteiger partial charge in [0.15, 0.2) is 0 Å². The average Bonchev–Trinajstić information content (AvgIpc) is 3.29. The number of rotatable bonds is 15. The zero-order valence-electron chi connectivity index (χ0n) is 22.7. The summed E-state index contributed by atoms with van der Waals surface area (Å²) in [5, 5.41) is 18.5. The van der Waals surface area contributed by atoms with Crippen LogP contribution in [-0.2, 0) is 25.6 Å². The fourth-order valence-electron chi connectivity index (χ4n) is 4.12. The van der Waals surface area contributed by atoms with Crippen LogP contribution in [0.15, 0.2) is 30.5 Å². The van der Waals surface area contributed by atoms with E-state index in [1.54, 1.807) is 13.8 Å². The molecule has 0 saturated heterocycles. The van der Waals surface area contributed by atoms with E-state index in [1.807, 2.05) is 50.6 Å². The van der Waals surface area contributed by atoms with E-state index in [0.717, 1.165) is 16.5 Å². The number of aliphatic carboxylic acids is 1. The van der Waals surface area contributed by atoms with E-state index in [-0.39, 0.29) is 24.7 Å². The van der Waals surface area contributed by atoms with E-state index in [9.17, 15) is 24.3 Å². The number of hydrogen-bond acceptors (Lipinski definition) is 6. The molecule has 5 unspecified atom stereocenters. The van der Waals surface area contributed by atoms with Gasteiger partial charge in [0.25, 0.3) is 0 Å². The van der Waals surface area contributed by atoms with Crippen molar-refractivity contribution in [1.82, 2.24) is 20.9 Å². The van der Waals surface area contributed by atoms with Crippen LogP contribution in [0.4, 0.5) is 0 Å². The van der Waals surface area contributed by atoms with Crippen molar-refractivity contribution in [2.24, 2.45) is 17.6 Å². The van der Waals surface area contributed by atoms with Crippen LogP contribution >= 0.6 is 11.8 Å². The van der Waals surface area contributed by atoms with Crippen LogP contribution in [0.5, 0.6) is 0 Å². The number of hydrogen-bond donors (Lipinski definition) is 6. The van der Waals surface area contributed by atoms with Gasteiger partial charge in [-0.3, -0.25) is 14.4 Å². The van der Waals surface area contributed by atoms with Crippen molar-refractivity contribution in [1.29, 1.82) is 0 Å². The molecule has 10 nitrogen and oxygen atoms in total. The minimum atomic E-state index is -1.13. The summed E-state index contributed by atoms with van der Waals surface area (Å²) in [6.07, 6.45) is 4.83. The molecule has 2 aromatic rings. The van der Waals surface area contributed by atoms with Crippen molar-refractivity contribution < 1.29 is 24.3 Å². The third-order valence-corrected chi connectivity index (χ3v) is 7.36. The van der Waals surface area contributed by atoms with E-state index in [4.69, 9.17) is 5.73 Å². The van der Waals surface area contributed by atoms with Gasteiger partial charge >= 0.3 is 5.97 Å². The second-order valence-electron chi connectivity index (χ2n) is 9.95. The van der Waals surface area contributed by atoms with Crippen molar-refractivity contribution in [3.63, 3.8) is 0 Å². The first-order valence-corrected chi connectivity index (χ1v) is 14.3. The molecule has 1 aromatic heterocycles. The van der Waals surface area contributed by atoms with Crippen LogP contribution in [0.1, 0.15) is 46.1 Å². The minimum absolute atomic E-state index is 0.233. The Bertz CT molecular complexity index is 1100. The Morgan fingerprint density at radius 3 is 2.24 bits per heavy atom. The molecule has 1 aromatic carbocycles. The molecule has 210 valence electrons. The highest BCUT2D eigenvalue weighted by Crippen LogP contribution is 2.19. The van der Waals surface area contributed by atoms with Crippen LogP contribution in [0.3, 0.4) is 0 Å². The normalized spacial score (nSPS) is 15.3. The van der Waals surface area contributed by atoms with Crippen molar-refractivity contribution in [3.05, 3.63) is 36.0 Å². The average molecular weight is 548 g/mol. The molecule has 0 fully saturated rings. The van der Waals surface area contributed by atoms with Crippen LogP contribution in [0.2, 0.25) is 0 Å². The second-order valence-corrected chi connectivity index (χ2v) is 10.9. The Hall–Kier alpha value is -3.05. The molecule has 3 amide bonds. The van der Waals surface area contributed by atoms with Gasteiger partial charge in [-0.25, -0.2) is 4.79 Å². The monoisotopic (exact) mass is 547 g/mol. The van der Waals surface area contributed by atoms with Crippen LogP contribution < -0.4 is 21.7 Å². The first-order chi connectivity index (χ1) is 18.0. The van der Waals surface area contributed by atoms with Gasteiger partial charge < -0.3 is 31.8 Å². The molecule has 0 spiro atoms. The lowest BCUT2D eigenvalue weighted by molar-refractivity contribution is -0.142. The molecule has 7 N–H and O–H groups in total. The maximum Gasteiger partial charge on any atom is 0.326 e. The SMILES string of the molecule is CCC(C)C(NC(=O)C(N)Cc1c[nH]c2ccccc12)C(=O)NC(C(=O)NC(CCSC)C(=O)O)C(C)C. The Morgan fingerprint density at radius 2 is 1.63 bits per heavy atom. The maximum absolute atomic E-state index is 13.3. The maximum atomic E-state index is 13.3. The summed E-state index contributed by atoms with van der Waals surface area (Å²) in [5.41, 5.74) is 8.08. The molecular weight excluding hydrogens is 506 g/mol. The van der Waals surface area contributed by atoms with Gasteiger partial charge in [0, 0.05) is 17.1 Å². The number of aromatic amines is 1. The number of carbonyl (C=O) groups excluding carboxylic acids is 3. The molecule has 2 rings (SSSR count). The largest absolute Gasteiger partial charge is 0.480 e. The predicted octanol–water partition coefficient (Wildman–Crippen LogP) is 2.03. The van der Waals surface area contributed by atoms with E-state index in [0.29, 0.717) is 12.2 Å². The fourth-order valence-corrected chi connectivity index (χ4v) is 4.60. The lowest BCUT2D eigenvalue weighted by atomic mass is 9.95. The Balaban J connectivity index is 2.11. The molecule has 38 heavy (non-hydrogen) atoms. The van der Waals surface area contributed by atoms with Crippen molar-refractivity contribution in [3.8, 4) is 0 Å². The molecular formula is C27H41N5O5S. The lowest BCUT2D eigenvalue weighted by Crippen LogP contribution is -2.60. The van der Waals surface area contributed by atoms with Gasteiger partial charge in [-0.05, 0) is 48.3 Å². The number of amides is 3. The van der Waals surface area contributed by atoms with Gasteiger partial charge in [0.1, 0.15) is 18.1 Å². The molecule has 0 saturated carbocycles. The molecule has 5 atom stereocenters. The number of carboxylic acids is 1. The van der Waals surface area contributed by atoms with Crippen LogP contribution in [-0.4, -0.2) is 70.0 Å². The zero-order chi connectivity index (χ0) is 28.4. The molecule has 0 aliphatic rings. The summed E-state index contributed by atoms with van der Waals surface area (Å²) < 4.78 is 0. The summed E-state index contributed by atoms with van der Waals surface area (Å²) in [6, 6.07) is 3.90. The number of carbonyl (C=O) groups is 4. The standard InChI is InChI=1S/C27H41N5O5S/c1-6-16(4)23(32-24(33)19(28)13-17-14-29-20-10-8-7-9-18(17)20)26(35)31-22(15(2)3)25(34)30-21(27(36)37)11-12-38-5/h7-10,14-16,19,21-23,29H,6,11-13,28H2,1-5H3,(H,30,34)(H,31,35)(H,32,33)(H,36,37). The molecule has 11 heteroatoms. The van der Waals surface area contributed by atoms with E-state index >= 15 is 0 Å². The summed E-state index contributed by atoms with van der Waals surface area (Å²) in [5.74, 6) is -2.67. The second kappa shape index (κ2) is 14.8. The summed E-state index contributed by atoms with van der Waals surface area (Å²) >= 11 is 1.48. The van der Waals surface area contributed by atoms with Gasteiger partial charge in [-0.1, -0.05) is 52.3 Å². The quantitative estimate of drug-likeness (QED) is 0.198. The van der Waals surface area contributed by atoms with E-state index < -0.39 is 47.9 Å². The number of H-pyrrole nitrogens is 1. The topological polar surface area (TPSA) is 166 Å². The third kappa shape index (κ3) is 8.49. The Kier molecular flexibility index (Phi) is 12.1. The number of thioether (sulfide) groups is 1. The number of fused-ring (bicyclic) bond motifs is 1. The Morgan fingerprint density at radius 1 is 1.00 bits per heavy atom. The highest BCUT2D eigenvalue weighted by molar-refractivity contribution is 7.98. The Labute approximate surface area is 228 Å². The lowest BCUT2D eigenvalue weighted by Gasteiger charge is -2.29. The van der Waals surface area contributed by atoms with Crippen molar-refractivity contribution >= 4 is 46.4 Å². The number of para-hydroxylation sites is 1. The highest BCUT2D eigenvalue weighted by atomic mass is 32.2. The number of aromatic nitrogens is 1. The number of carboxylic acid groups (broad SMARTS) is 1. The summed E-state index contributed by atoms with van der Waals surface area (Å²) in [7, 11) is 0. The fraction of sp³-hybridized carbons (Fsp3) is 0.556. The van der Waals surface area contributed by atoms with Gasteiger partial charge in [-0.2, -0.15) is 11.8 Å². The molecule has 0 radical (unpaired) electrons.